The molecule has 1 aliphatic heterocycles. The molecular weight excluding hydrogens is 166 g/mol. The molecule has 0 bridgehead atoms. The minimum Gasteiger partial charge on any atom is -0.478 e. The Kier molecular flexibility index (Phi) is 3.68. The summed E-state index contributed by atoms with van der Waals surface area (Å²) >= 11 is 0. The van der Waals surface area contributed by atoms with Crippen LogP contribution in [0.1, 0.15) is 0 Å². The summed E-state index contributed by atoms with van der Waals surface area (Å²) in [5.41, 5.74) is 0.373. The van der Waals surface area contributed by atoms with Crippen molar-refractivity contribution in [1.29, 1.82) is 0 Å². The van der Waals surface area contributed by atoms with Crippen LogP contribution in [0.25, 0.3) is 0 Å². The van der Waals surface area contributed by atoms with Crippen LogP contribution in [-0.2, 0) is 4.79 Å². The predicted octanol–water partition coefficient (Wildman–Crippen LogP) is 0.878. The monoisotopic (exact) mass is 175 g/mol. The summed E-state index contributed by atoms with van der Waals surface area (Å²) in [6.45, 7) is 0.679. The third-order valence-electron chi connectivity index (χ3n) is 1.35. The zero-order valence-corrected chi connectivity index (χ0v) is 6.97. The lowest BCUT2D eigenvalue weighted by Crippen LogP contribution is -2.15. The summed E-state index contributed by atoms with van der Waals surface area (Å²) < 4.78 is 0. The molecule has 1 aliphatic rings. The molecule has 0 saturated carbocycles. The van der Waals surface area contributed by atoms with Gasteiger partial charge in [0.05, 0.1) is 5.57 Å². The van der Waals surface area contributed by atoms with Gasteiger partial charge in [-0.1, -0.05) is 6.08 Å². The van der Waals surface area contributed by atoms with Crippen molar-refractivity contribution in [3.05, 3.63) is 23.9 Å². The topological polar surface area (TPSA) is 40.5 Å². The van der Waals surface area contributed by atoms with E-state index < -0.39 is 5.97 Å². The minimum absolute atomic E-state index is 0. The maximum absolute atomic E-state index is 10.3. The standard InChI is InChI=1S/C7H9NO2.ClH/c1-8-4-2-6(3-5-8)7(9)10;/h2-4H,5H2,1H3,(H,9,10);1H. The van der Waals surface area contributed by atoms with Crippen LogP contribution >= 0.6 is 12.4 Å². The lowest BCUT2D eigenvalue weighted by molar-refractivity contribution is -0.132. The summed E-state index contributed by atoms with van der Waals surface area (Å²) in [5.74, 6) is -0.857. The fraction of sp³-hybridized carbons (Fsp3) is 0.286. The normalized spacial score (nSPS) is 15.4. The highest BCUT2D eigenvalue weighted by molar-refractivity contribution is 5.90. The average Bonchev–Trinajstić information content (AvgIpc) is 1.88. The van der Waals surface area contributed by atoms with Gasteiger partial charge in [0.2, 0.25) is 0 Å². The van der Waals surface area contributed by atoms with E-state index in [4.69, 9.17) is 5.11 Å². The zero-order chi connectivity index (χ0) is 7.56. The lowest BCUT2D eigenvalue weighted by Gasteiger charge is -2.14. The van der Waals surface area contributed by atoms with Gasteiger partial charge in [-0.2, -0.15) is 0 Å². The van der Waals surface area contributed by atoms with Crippen LogP contribution < -0.4 is 0 Å². The number of nitrogens with zero attached hydrogens (tertiary/aromatic N) is 1. The number of rotatable bonds is 1. The molecule has 0 spiro atoms. The molecule has 1 N–H and O–H groups in total. The van der Waals surface area contributed by atoms with E-state index in [-0.39, 0.29) is 12.4 Å². The number of carbonyl (C=O) groups is 1. The van der Waals surface area contributed by atoms with Crippen molar-refractivity contribution >= 4 is 18.4 Å². The van der Waals surface area contributed by atoms with Crippen molar-refractivity contribution in [2.45, 2.75) is 0 Å². The fourth-order valence-electron chi connectivity index (χ4n) is 0.737. The first kappa shape index (κ1) is 10.0. The van der Waals surface area contributed by atoms with Crippen molar-refractivity contribution in [1.82, 2.24) is 4.90 Å². The van der Waals surface area contributed by atoms with Crippen LogP contribution in [0.3, 0.4) is 0 Å². The quantitative estimate of drug-likeness (QED) is 0.643. The van der Waals surface area contributed by atoms with Gasteiger partial charge in [-0.05, 0) is 12.3 Å². The second-order valence-corrected chi connectivity index (χ2v) is 2.22. The second kappa shape index (κ2) is 4.03. The molecule has 0 aromatic carbocycles. The first-order valence-electron chi connectivity index (χ1n) is 3.02. The van der Waals surface area contributed by atoms with E-state index in [9.17, 15) is 4.79 Å². The summed E-state index contributed by atoms with van der Waals surface area (Å²) in [5, 5.41) is 8.49. The molecule has 62 valence electrons. The van der Waals surface area contributed by atoms with Gasteiger partial charge in [-0.15, -0.1) is 12.4 Å². The predicted molar refractivity (Wildman–Crippen MR) is 44.7 cm³/mol. The summed E-state index contributed by atoms with van der Waals surface area (Å²) in [7, 11) is 1.89. The number of carboxylic acids is 1. The minimum atomic E-state index is -0.857. The molecule has 0 fully saturated rings. The highest BCUT2D eigenvalue weighted by Crippen LogP contribution is 2.04. The molecule has 11 heavy (non-hydrogen) atoms. The van der Waals surface area contributed by atoms with Crippen molar-refractivity contribution in [3.63, 3.8) is 0 Å². The molecule has 0 radical (unpaired) electrons. The van der Waals surface area contributed by atoms with Crippen LogP contribution in [0.2, 0.25) is 0 Å². The fourth-order valence-corrected chi connectivity index (χ4v) is 0.737. The van der Waals surface area contributed by atoms with E-state index in [1.54, 1.807) is 18.4 Å². The molecule has 1 rings (SSSR count). The van der Waals surface area contributed by atoms with Gasteiger partial charge in [0.1, 0.15) is 0 Å². The third kappa shape index (κ3) is 2.63. The van der Waals surface area contributed by atoms with E-state index >= 15 is 0 Å². The first-order chi connectivity index (χ1) is 4.70. The van der Waals surface area contributed by atoms with Crippen LogP contribution in [0.5, 0.6) is 0 Å². The molecule has 0 aromatic rings. The SMILES string of the molecule is CN1C=CC(C(=O)O)=CC1.Cl. The van der Waals surface area contributed by atoms with E-state index in [1.165, 1.54) is 0 Å². The molecule has 3 nitrogen and oxygen atoms in total. The molecule has 0 unspecified atom stereocenters. The maximum atomic E-state index is 10.3. The Labute approximate surface area is 71.4 Å². The Morgan fingerprint density at radius 3 is 2.73 bits per heavy atom. The van der Waals surface area contributed by atoms with Crippen molar-refractivity contribution in [2.75, 3.05) is 13.6 Å². The zero-order valence-electron chi connectivity index (χ0n) is 6.15. The molecule has 0 saturated heterocycles. The molecule has 0 aliphatic carbocycles. The smallest absolute Gasteiger partial charge is 0.335 e. The van der Waals surface area contributed by atoms with Gasteiger partial charge in [0.15, 0.2) is 0 Å². The van der Waals surface area contributed by atoms with Crippen molar-refractivity contribution < 1.29 is 9.90 Å². The van der Waals surface area contributed by atoms with Crippen LogP contribution in [0.15, 0.2) is 23.9 Å². The summed E-state index contributed by atoms with van der Waals surface area (Å²) in [6.07, 6.45) is 5.03. The van der Waals surface area contributed by atoms with Crippen molar-refractivity contribution in [2.24, 2.45) is 0 Å². The van der Waals surface area contributed by atoms with Crippen LogP contribution in [0.4, 0.5) is 0 Å². The number of hydrogen-bond donors (Lipinski definition) is 1. The molecular formula is C7H10ClNO2. The van der Waals surface area contributed by atoms with Gasteiger partial charge in [0, 0.05) is 13.6 Å². The van der Waals surface area contributed by atoms with E-state index in [2.05, 4.69) is 0 Å². The maximum Gasteiger partial charge on any atom is 0.335 e. The van der Waals surface area contributed by atoms with E-state index in [0.29, 0.717) is 12.1 Å². The Bertz CT molecular complexity index is 210. The number of aliphatic carboxylic acids is 1. The van der Waals surface area contributed by atoms with Gasteiger partial charge in [-0.25, -0.2) is 4.79 Å². The van der Waals surface area contributed by atoms with Gasteiger partial charge < -0.3 is 10.0 Å². The second-order valence-electron chi connectivity index (χ2n) is 2.22. The largest absolute Gasteiger partial charge is 0.478 e. The van der Waals surface area contributed by atoms with Gasteiger partial charge in [-0.3, -0.25) is 0 Å². The summed E-state index contributed by atoms with van der Waals surface area (Å²) in [6, 6.07) is 0. The first-order valence-corrected chi connectivity index (χ1v) is 3.02. The van der Waals surface area contributed by atoms with Gasteiger partial charge in [0.25, 0.3) is 0 Å². The Hall–Kier alpha value is -0.960. The molecule has 0 aromatic heterocycles. The summed E-state index contributed by atoms with van der Waals surface area (Å²) in [4.78, 5) is 12.2. The Morgan fingerprint density at radius 1 is 1.73 bits per heavy atom. The van der Waals surface area contributed by atoms with Crippen molar-refractivity contribution in [3.8, 4) is 0 Å². The van der Waals surface area contributed by atoms with Crippen LogP contribution in [0, 0.1) is 0 Å². The van der Waals surface area contributed by atoms with E-state index in [1.807, 2.05) is 11.9 Å². The number of likely N-dealkylation sites (N-methyl/N-ethyl adjacent to an activating group) is 1. The molecule has 4 heteroatoms. The lowest BCUT2D eigenvalue weighted by atomic mass is 10.2. The Morgan fingerprint density at radius 2 is 2.36 bits per heavy atom. The Balaban J connectivity index is 0.000001000. The highest BCUT2D eigenvalue weighted by Gasteiger charge is 2.05. The molecule has 1 heterocycles. The number of halogens is 1. The highest BCUT2D eigenvalue weighted by atomic mass is 35.5. The average molecular weight is 176 g/mol. The molecule has 0 amide bonds. The number of carboxylic acid groups (broad SMARTS) is 1. The molecule has 0 atom stereocenters. The van der Waals surface area contributed by atoms with E-state index in [0.717, 1.165) is 0 Å². The number of hydrogen-bond acceptors (Lipinski definition) is 2. The third-order valence-corrected chi connectivity index (χ3v) is 1.35. The van der Waals surface area contributed by atoms with Gasteiger partial charge >= 0.3 is 5.97 Å². The van der Waals surface area contributed by atoms with Crippen LogP contribution in [-0.4, -0.2) is 29.6 Å².